The van der Waals surface area contributed by atoms with Crippen LogP contribution < -0.4 is 21.7 Å². The number of carbonyl (C=O) groups excluding carboxylic acids is 6. The highest BCUT2D eigenvalue weighted by Gasteiger charge is 2.50. The number of nitrogens with one attached hydrogen (secondary N) is 3. The first-order chi connectivity index (χ1) is 27.0. The predicted molar refractivity (Wildman–Crippen MR) is 215 cm³/mol. The molecule has 4 rings (SSSR count). The first-order valence-corrected chi connectivity index (χ1v) is 19.7. The fourth-order valence-electron chi connectivity index (χ4n) is 7.24. The Bertz CT molecular complexity index is 1750. The third-order valence-corrected chi connectivity index (χ3v) is 10.1. The zero-order valence-electron chi connectivity index (χ0n) is 34.0. The van der Waals surface area contributed by atoms with Crippen molar-refractivity contribution in [2.45, 2.75) is 109 Å². The van der Waals surface area contributed by atoms with Crippen molar-refractivity contribution in [3.8, 4) is 0 Å². The Morgan fingerprint density at radius 2 is 1.54 bits per heavy atom. The Labute approximate surface area is 335 Å². The Hall–Kier alpha value is -5.47. The van der Waals surface area contributed by atoms with Crippen LogP contribution in [0.2, 0.25) is 0 Å². The molecule has 2 saturated heterocycles. The van der Waals surface area contributed by atoms with Crippen molar-refractivity contribution < 1.29 is 38.2 Å². The van der Waals surface area contributed by atoms with E-state index in [1.807, 2.05) is 67.6 Å². The van der Waals surface area contributed by atoms with Gasteiger partial charge in [-0.1, -0.05) is 67.6 Å². The monoisotopic (exact) mass is 789 g/mol. The van der Waals surface area contributed by atoms with Gasteiger partial charge in [-0.2, -0.15) is 0 Å². The molecular weight excluding hydrogens is 731 g/mol. The van der Waals surface area contributed by atoms with Crippen LogP contribution >= 0.6 is 0 Å². The van der Waals surface area contributed by atoms with Crippen molar-refractivity contribution in [1.82, 2.24) is 25.8 Å². The number of alkyl carbamates (subject to hydrolysis) is 1. The number of methoxy groups -OCH3 is 1. The van der Waals surface area contributed by atoms with Gasteiger partial charge < -0.3 is 41.0 Å². The topological polar surface area (TPSA) is 202 Å². The molecule has 15 nitrogen and oxygen atoms in total. The summed E-state index contributed by atoms with van der Waals surface area (Å²) in [5.74, 6) is -2.41. The number of carbonyl (C=O) groups is 6. The first kappa shape index (κ1) is 44.2. The third-order valence-electron chi connectivity index (χ3n) is 10.1. The molecule has 5 atom stereocenters. The summed E-state index contributed by atoms with van der Waals surface area (Å²) in [6, 6.07) is 16.1. The van der Waals surface area contributed by atoms with Crippen molar-refractivity contribution in [3.63, 3.8) is 0 Å². The molecule has 1 unspecified atom stereocenters. The van der Waals surface area contributed by atoms with Crippen molar-refractivity contribution in [3.05, 3.63) is 71.8 Å². The summed E-state index contributed by atoms with van der Waals surface area (Å²) in [6.07, 6.45) is 1.45. The van der Waals surface area contributed by atoms with Gasteiger partial charge in [0.05, 0.1) is 19.5 Å². The summed E-state index contributed by atoms with van der Waals surface area (Å²) in [6.45, 7) is 9.04. The van der Waals surface area contributed by atoms with E-state index in [1.54, 1.807) is 27.7 Å². The number of amidine groups is 1. The van der Waals surface area contributed by atoms with Crippen LogP contribution in [0.1, 0.15) is 77.8 Å². The molecule has 2 aromatic carbocycles. The smallest absolute Gasteiger partial charge is 0.408 e. The summed E-state index contributed by atoms with van der Waals surface area (Å²) < 4.78 is 10.4. The number of nitrogens with two attached hydrogens (primary N) is 1. The zero-order chi connectivity index (χ0) is 41.8. The standard InChI is InChI=1S/C42H59N7O8/c1-28(25-30-15-9-7-10-16-30)35(50)46-33(26-31-17-11-8-12-18-31)38(53)49-23-14-20-34(49)36(51)45-32(19-13-22-44-29(2)43)37(52)48-24-21-42(27-48,39(54)56-6)47-40(55)57-41(3,4)5/h7-12,15-18,28,32-34H,13-14,19-27H2,1-6H3,(H2,43,44)(H,45,51)(H,46,50)(H,47,55)/t28-,32-,33-,34-,42?/m1/s1. The lowest BCUT2D eigenvalue weighted by Gasteiger charge is -2.32. The van der Waals surface area contributed by atoms with Crippen LogP contribution in [0.3, 0.4) is 0 Å². The van der Waals surface area contributed by atoms with E-state index in [1.165, 1.54) is 16.9 Å². The van der Waals surface area contributed by atoms with Crippen LogP contribution in [0, 0.1) is 5.92 Å². The molecule has 0 spiro atoms. The number of rotatable bonds is 16. The Morgan fingerprint density at radius 1 is 0.912 bits per heavy atom. The van der Waals surface area contributed by atoms with Crippen LogP contribution in [-0.4, -0.2) is 114 Å². The maximum atomic E-state index is 14.4. The van der Waals surface area contributed by atoms with Gasteiger partial charge in [-0.05, 0) is 70.9 Å². The summed E-state index contributed by atoms with van der Waals surface area (Å²) in [7, 11) is 1.20. The number of ether oxygens (including phenoxy) is 2. The number of hydrogen-bond donors (Lipinski definition) is 4. The number of aliphatic imine (C=N–C) groups is 1. The highest BCUT2D eigenvalue weighted by molar-refractivity contribution is 5.95. The van der Waals surface area contributed by atoms with Gasteiger partial charge in [-0.15, -0.1) is 0 Å². The Balaban J connectivity index is 1.52. The Kier molecular flexibility index (Phi) is 15.6. The van der Waals surface area contributed by atoms with E-state index in [0.29, 0.717) is 44.6 Å². The van der Waals surface area contributed by atoms with Gasteiger partial charge in [-0.3, -0.25) is 24.2 Å². The molecule has 2 fully saturated rings. The van der Waals surface area contributed by atoms with E-state index in [0.717, 1.165) is 11.1 Å². The maximum Gasteiger partial charge on any atom is 0.408 e. The van der Waals surface area contributed by atoms with E-state index in [-0.39, 0.29) is 44.2 Å². The van der Waals surface area contributed by atoms with Crippen molar-refractivity contribution in [2.75, 3.05) is 33.3 Å². The van der Waals surface area contributed by atoms with E-state index in [9.17, 15) is 28.8 Å². The molecule has 2 aliphatic rings. The van der Waals surface area contributed by atoms with Crippen LogP contribution in [-0.2, 0) is 46.3 Å². The van der Waals surface area contributed by atoms with Crippen molar-refractivity contribution in [1.29, 1.82) is 0 Å². The molecule has 310 valence electrons. The highest BCUT2D eigenvalue weighted by Crippen LogP contribution is 2.26. The highest BCUT2D eigenvalue weighted by atomic mass is 16.6. The van der Waals surface area contributed by atoms with Crippen molar-refractivity contribution in [2.24, 2.45) is 16.6 Å². The first-order valence-electron chi connectivity index (χ1n) is 19.7. The Morgan fingerprint density at radius 3 is 2.14 bits per heavy atom. The van der Waals surface area contributed by atoms with E-state index in [4.69, 9.17) is 15.2 Å². The quantitative estimate of drug-likeness (QED) is 0.0854. The van der Waals surface area contributed by atoms with Gasteiger partial charge in [0.1, 0.15) is 23.7 Å². The number of hydrogen-bond acceptors (Lipinski definition) is 9. The molecule has 0 aromatic heterocycles. The van der Waals surface area contributed by atoms with Gasteiger partial charge in [0.25, 0.3) is 0 Å². The molecule has 0 bridgehead atoms. The van der Waals surface area contributed by atoms with Crippen LogP contribution in [0.15, 0.2) is 65.7 Å². The number of nitrogens with zero attached hydrogens (tertiary/aromatic N) is 3. The normalized spacial score (nSPS) is 19.9. The summed E-state index contributed by atoms with van der Waals surface area (Å²) in [5.41, 5.74) is 5.19. The zero-order valence-corrected chi connectivity index (χ0v) is 34.0. The molecule has 0 aliphatic carbocycles. The molecule has 5 amide bonds. The summed E-state index contributed by atoms with van der Waals surface area (Å²) in [4.78, 5) is 89.3. The van der Waals surface area contributed by atoms with Gasteiger partial charge in [0, 0.05) is 38.4 Å². The predicted octanol–water partition coefficient (Wildman–Crippen LogP) is 2.89. The number of benzene rings is 2. The fraction of sp³-hybridized carbons (Fsp3) is 0.548. The number of likely N-dealkylation sites (tertiary alicyclic amines) is 2. The minimum absolute atomic E-state index is 0.0609. The molecule has 0 saturated carbocycles. The van der Waals surface area contributed by atoms with E-state index in [2.05, 4.69) is 20.9 Å². The van der Waals surface area contributed by atoms with Gasteiger partial charge in [-0.25, -0.2) is 9.59 Å². The van der Waals surface area contributed by atoms with Gasteiger partial charge >= 0.3 is 12.1 Å². The summed E-state index contributed by atoms with van der Waals surface area (Å²) in [5, 5.41) is 8.52. The third kappa shape index (κ3) is 12.8. The summed E-state index contributed by atoms with van der Waals surface area (Å²) >= 11 is 0. The average molecular weight is 790 g/mol. The van der Waals surface area contributed by atoms with Gasteiger partial charge in [0.2, 0.25) is 23.6 Å². The molecule has 2 aromatic rings. The molecule has 2 aliphatic heterocycles. The molecule has 5 N–H and O–H groups in total. The average Bonchev–Trinajstić information content (AvgIpc) is 3.83. The SMILES string of the molecule is COC(=O)C1(NC(=O)OC(C)(C)C)CCN(C(=O)[C@@H](CCCN=C(C)N)NC(=O)[C@H]2CCCN2C(=O)[C@@H](Cc2ccccc2)NC(=O)[C@H](C)Cc2ccccc2)C1. The lowest BCUT2D eigenvalue weighted by Crippen LogP contribution is -2.59. The minimum Gasteiger partial charge on any atom is -0.467 e. The van der Waals surface area contributed by atoms with Crippen LogP contribution in [0.4, 0.5) is 4.79 Å². The van der Waals surface area contributed by atoms with E-state index < -0.39 is 59.1 Å². The fourth-order valence-corrected chi connectivity index (χ4v) is 7.24. The molecule has 15 heteroatoms. The van der Waals surface area contributed by atoms with Gasteiger partial charge in [0.15, 0.2) is 5.54 Å². The largest absolute Gasteiger partial charge is 0.467 e. The number of amides is 5. The van der Waals surface area contributed by atoms with Crippen LogP contribution in [0.5, 0.6) is 0 Å². The maximum absolute atomic E-state index is 14.4. The number of esters is 1. The second-order valence-corrected chi connectivity index (χ2v) is 16.0. The van der Waals surface area contributed by atoms with Crippen LogP contribution in [0.25, 0.3) is 0 Å². The van der Waals surface area contributed by atoms with E-state index >= 15 is 0 Å². The second kappa shape index (κ2) is 20.1. The lowest BCUT2D eigenvalue weighted by molar-refractivity contribution is -0.148. The second-order valence-electron chi connectivity index (χ2n) is 16.0. The molecule has 2 heterocycles. The minimum atomic E-state index is -1.56. The lowest BCUT2D eigenvalue weighted by atomic mass is 9.98. The molecule has 57 heavy (non-hydrogen) atoms. The molecule has 0 radical (unpaired) electrons. The van der Waals surface area contributed by atoms with Crippen molar-refractivity contribution >= 4 is 41.5 Å². The molecular formula is C42H59N7O8.